The zero-order chi connectivity index (χ0) is 23.4. The number of carbonyl (C=O) groups is 1. The van der Waals surface area contributed by atoms with Gasteiger partial charge >= 0.3 is 5.69 Å². The number of hydrogen-bond donors (Lipinski definition) is 2. The molecule has 0 radical (unpaired) electrons. The molecule has 1 aromatic carbocycles. The average molecular weight is 442 g/mol. The zero-order valence-electron chi connectivity index (χ0n) is 19.5. The fraction of sp³-hybridized carbons (Fsp3) is 0.542. The largest absolute Gasteiger partial charge is 0.383 e. The van der Waals surface area contributed by atoms with E-state index < -0.39 is 11.2 Å². The van der Waals surface area contributed by atoms with Crippen molar-refractivity contribution in [2.45, 2.75) is 53.1 Å². The SMILES string of the molecule is CC(C)CN(C(=O)CN(CC(C)C)C1CC1)c1c(N)n(Cc2ccccc2)c(=O)[nH]c1=O. The fourth-order valence-electron chi connectivity index (χ4n) is 3.95. The highest BCUT2D eigenvalue weighted by atomic mass is 16.2. The molecular formula is C24H35N5O3. The van der Waals surface area contributed by atoms with Gasteiger partial charge in [0.1, 0.15) is 5.82 Å². The highest BCUT2D eigenvalue weighted by Gasteiger charge is 2.33. The summed E-state index contributed by atoms with van der Waals surface area (Å²) >= 11 is 0. The molecule has 8 nitrogen and oxygen atoms in total. The van der Waals surface area contributed by atoms with Gasteiger partial charge in [-0.3, -0.25) is 24.0 Å². The van der Waals surface area contributed by atoms with Crippen molar-refractivity contribution in [3.8, 4) is 0 Å². The number of carbonyl (C=O) groups excluding carboxylic acids is 1. The maximum atomic E-state index is 13.5. The van der Waals surface area contributed by atoms with E-state index in [1.807, 2.05) is 44.2 Å². The number of nitrogens with zero attached hydrogens (tertiary/aromatic N) is 3. The Morgan fingerprint density at radius 3 is 2.28 bits per heavy atom. The fourth-order valence-corrected chi connectivity index (χ4v) is 3.95. The van der Waals surface area contributed by atoms with Crippen molar-refractivity contribution in [3.05, 3.63) is 56.7 Å². The molecule has 1 aromatic heterocycles. The van der Waals surface area contributed by atoms with Gasteiger partial charge in [-0.25, -0.2) is 4.79 Å². The Hall–Kier alpha value is -2.87. The van der Waals surface area contributed by atoms with Gasteiger partial charge in [-0.05, 0) is 30.2 Å². The third-order valence-electron chi connectivity index (χ3n) is 5.52. The molecule has 0 unspecified atom stereocenters. The van der Waals surface area contributed by atoms with Crippen LogP contribution in [0, 0.1) is 11.8 Å². The van der Waals surface area contributed by atoms with Crippen molar-refractivity contribution >= 4 is 17.4 Å². The van der Waals surface area contributed by atoms with Crippen LogP contribution in [0.15, 0.2) is 39.9 Å². The normalized spacial score (nSPS) is 13.8. The number of aromatic amines is 1. The summed E-state index contributed by atoms with van der Waals surface area (Å²) in [5, 5.41) is 0. The maximum absolute atomic E-state index is 13.5. The van der Waals surface area contributed by atoms with Crippen LogP contribution in [0.2, 0.25) is 0 Å². The first-order chi connectivity index (χ1) is 15.2. The van der Waals surface area contributed by atoms with Gasteiger partial charge in [0.25, 0.3) is 5.56 Å². The van der Waals surface area contributed by atoms with Crippen LogP contribution in [0.25, 0.3) is 0 Å². The molecule has 32 heavy (non-hydrogen) atoms. The molecule has 3 rings (SSSR count). The molecular weight excluding hydrogens is 406 g/mol. The number of nitrogens with one attached hydrogen (secondary N) is 1. The van der Waals surface area contributed by atoms with Gasteiger partial charge in [-0.15, -0.1) is 0 Å². The monoisotopic (exact) mass is 441 g/mol. The molecule has 1 aliphatic rings. The molecule has 3 N–H and O–H groups in total. The summed E-state index contributed by atoms with van der Waals surface area (Å²) in [6.07, 6.45) is 2.18. The van der Waals surface area contributed by atoms with Crippen LogP contribution in [0.1, 0.15) is 46.1 Å². The summed E-state index contributed by atoms with van der Waals surface area (Å²) in [5.41, 5.74) is 6.08. The van der Waals surface area contributed by atoms with Gasteiger partial charge < -0.3 is 10.6 Å². The van der Waals surface area contributed by atoms with Gasteiger partial charge in [0.15, 0.2) is 5.69 Å². The van der Waals surface area contributed by atoms with Gasteiger partial charge in [0.2, 0.25) is 5.91 Å². The summed E-state index contributed by atoms with van der Waals surface area (Å²) in [4.78, 5) is 44.9. The Bertz CT molecular complexity index is 1040. The van der Waals surface area contributed by atoms with Crippen molar-refractivity contribution in [3.63, 3.8) is 0 Å². The highest BCUT2D eigenvalue weighted by Crippen LogP contribution is 2.28. The Kier molecular flexibility index (Phi) is 7.56. The molecule has 1 aliphatic carbocycles. The second-order valence-electron chi connectivity index (χ2n) is 9.52. The summed E-state index contributed by atoms with van der Waals surface area (Å²) in [5.74, 6) is 0.390. The van der Waals surface area contributed by atoms with E-state index >= 15 is 0 Å². The topological polar surface area (TPSA) is 104 Å². The van der Waals surface area contributed by atoms with Gasteiger partial charge in [0, 0.05) is 19.1 Å². The predicted octanol–water partition coefficient (Wildman–Crippen LogP) is 2.28. The lowest BCUT2D eigenvalue weighted by Crippen LogP contribution is -2.47. The molecule has 0 spiro atoms. The number of aromatic nitrogens is 2. The molecule has 1 heterocycles. The van der Waals surface area contributed by atoms with Gasteiger partial charge in [-0.1, -0.05) is 58.0 Å². The van der Waals surface area contributed by atoms with Crippen molar-refractivity contribution in [2.75, 3.05) is 30.3 Å². The Morgan fingerprint density at radius 2 is 1.72 bits per heavy atom. The van der Waals surface area contributed by atoms with E-state index in [0.717, 1.165) is 24.9 Å². The van der Waals surface area contributed by atoms with Crippen molar-refractivity contribution in [1.29, 1.82) is 0 Å². The van der Waals surface area contributed by atoms with E-state index in [2.05, 4.69) is 23.7 Å². The number of anilines is 2. The Balaban J connectivity index is 1.97. The first kappa shape index (κ1) is 23.8. The first-order valence-electron chi connectivity index (χ1n) is 11.4. The summed E-state index contributed by atoms with van der Waals surface area (Å²) < 4.78 is 1.32. The van der Waals surface area contributed by atoms with Crippen LogP contribution in [-0.2, 0) is 11.3 Å². The Labute approximate surface area is 189 Å². The van der Waals surface area contributed by atoms with Gasteiger partial charge in [0.05, 0.1) is 13.1 Å². The van der Waals surface area contributed by atoms with Crippen molar-refractivity contribution in [1.82, 2.24) is 14.5 Å². The molecule has 8 heteroatoms. The number of H-pyrrole nitrogens is 1. The molecule has 174 valence electrons. The molecule has 1 saturated carbocycles. The summed E-state index contributed by atoms with van der Waals surface area (Å²) in [6, 6.07) is 9.82. The minimum Gasteiger partial charge on any atom is -0.383 e. The van der Waals surface area contributed by atoms with Crippen molar-refractivity contribution < 1.29 is 4.79 Å². The van der Waals surface area contributed by atoms with Crippen LogP contribution in [-0.4, -0.2) is 46.0 Å². The van der Waals surface area contributed by atoms with Crippen LogP contribution in [0.3, 0.4) is 0 Å². The lowest BCUT2D eigenvalue weighted by molar-refractivity contribution is -0.120. The number of benzene rings is 1. The van der Waals surface area contributed by atoms with E-state index in [0.29, 0.717) is 18.5 Å². The maximum Gasteiger partial charge on any atom is 0.330 e. The van der Waals surface area contributed by atoms with Gasteiger partial charge in [-0.2, -0.15) is 0 Å². The van der Waals surface area contributed by atoms with E-state index in [9.17, 15) is 14.4 Å². The standard InChI is InChI=1S/C24H35N5O3/c1-16(2)12-27(19-10-11-19)15-20(30)28(13-17(3)4)21-22(25)29(24(32)26-23(21)31)14-18-8-6-5-7-9-18/h5-9,16-17,19H,10-15,25H2,1-4H3,(H,26,31,32). The van der Waals surface area contributed by atoms with Crippen LogP contribution < -0.4 is 21.9 Å². The third-order valence-corrected chi connectivity index (χ3v) is 5.52. The number of hydrogen-bond acceptors (Lipinski definition) is 5. The minimum atomic E-state index is -0.632. The molecule has 0 saturated heterocycles. The lowest BCUT2D eigenvalue weighted by Gasteiger charge is -2.30. The quantitative estimate of drug-likeness (QED) is 0.589. The summed E-state index contributed by atoms with van der Waals surface area (Å²) in [6.45, 7) is 9.84. The molecule has 0 atom stereocenters. The zero-order valence-corrected chi connectivity index (χ0v) is 19.5. The second kappa shape index (κ2) is 10.2. The van der Waals surface area contributed by atoms with E-state index in [1.165, 1.54) is 9.47 Å². The smallest absolute Gasteiger partial charge is 0.330 e. The highest BCUT2D eigenvalue weighted by molar-refractivity contribution is 5.97. The molecule has 0 bridgehead atoms. The van der Waals surface area contributed by atoms with Crippen LogP contribution in [0.4, 0.5) is 11.5 Å². The third kappa shape index (κ3) is 5.88. The van der Waals surface area contributed by atoms with Crippen LogP contribution in [0.5, 0.6) is 0 Å². The van der Waals surface area contributed by atoms with E-state index in [1.54, 1.807) is 0 Å². The van der Waals surface area contributed by atoms with Crippen molar-refractivity contribution in [2.24, 2.45) is 11.8 Å². The molecule has 2 aromatic rings. The summed E-state index contributed by atoms with van der Waals surface area (Å²) in [7, 11) is 0. The average Bonchev–Trinajstić information content (AvgIpc) is 3.55. The molecule has 1 amide bonds. The van der Waals surface area contributed by atoms with E-state index in [-0.39, 0.29) is 36.4 Å². The first-order valence-corrected chi connectivity index (χ1v) is 11.4. The Morgan fingerprint density at radius 1 is 1.09 bits per heavy atom. The number of nitrogen functional groups attached to an aromatic ring is 1. The number of amides is 1. The lowest BCUT2D eigenvalue weighted by atomic mass is 10.1. The number of nitrogens with two attached hydrogens (primary N) is 1. The van der Waals surface area contributed by atoms with E-state index in [4.69, 9.17) is 5.73 Å². The van der Waals surface area contributed by atoms with Crippen LogP contribution >= 0.6 is 0 Å². The predicted molar refractivity (Wildman–Crippen MR) is 128 cm³/mol. The number of rotatable bonds is 10. The minimum absolute atomic E-state index is 0.0124. The second-order valence-corrected chi connectivity index (χ2v) is 9.52. The molecule has 0 aliphatic heterocycles. The molecule has 1 fully saturated rings.